The molecule has 1 aromatic heterocycles. The molecule has 0 aliphatic carbocycles. The highest BCUT2D eigenvalue weighted by Gasteiger charge is 2.18. The van der Waals surface area contributed by atoms with Crippen molar-refractivity contribution in [2.24, 2.45) is 0 Å². The third kappa shape index (κ3) is 5.40. The van der Waals surface area contributed by atoms with Gasteiger partial charge in [0.2, 0.25) is 24.4 Å². The van der Waals surface area contributed by atoms with Gasteiger partial charge in [-0.2, -0.15) is 4.98 Å². The Morgan fingerprint density at radius 3 is 2.74 bits per heavy atom. The average molecular weight is 423 g/mol. The van der Waals surface area contributed by atoms with Gasteiger partial charge in [0.15, 0.2) is 11.5 Å². The number of nitrogens with zero attached hydrogens (tertiary/aromatic N) is 3. The van der Waals surface area contributed by atoms with Crippen LogP contribution in [-0.2, 0) is 22.4 Å². The van der Waals surface area contributed by atoms with Gasteiger partial charge in [0, 0.05) is 38.6 Å². The van der Waals surface area contributed by atoms with Gasteiger partial charge in [-0.3, -0.25) is 4.79 Å². The second kappa shape index (κ2) is 10.1. The molecule has 4 rings (SSSR count). The first kappa shape index (κ1) is 20.9. The zero-order valence-corrected chi connectivity index (χ0v) is 17.5. The van der Waals surface area contributed by atoms with Crippen LogP contribution in [-0.4, -0.2) is 54.5 Å². The number of amides is 1. The Labute approximate surface area is 180 Å². The Bertz CT molecular complexity index is 1010. The van der Waals surface area contributed by atoms with E-state index in [9.17, 15) is 4.79 Å². The second-order valence-electron chi connectivity index (χ2n) is 7.19. The SMILES string of the molecule is COCCN(CCc1nc(-c2ccc3c(c2)OCO3)no1)C(=O)CCc1ccccc1. The van der Waals surface area contributed by atoms with Gasteiger partial charge in [0.1, 0.15) is 0 Å². The van der Waals surface area contributed by atoms with Gasteiger partial charge >= 0.3 is 0 Å². The molecule has 2 heterocycles. The van der Waals surface area contributed by atoms with Crippen LogP contribution in [0, 0.1) is 0 Å². The highest BCUT2D eigenvalue weighted by Crippen LogP contribution is 2.35. The number of carbonyl (C=O) groups is 1. The summed E-state index contributed by atoms with van der Waals surface area (Å²) in [5, 5.41) is 4.06. The van der Waals surface area contributed by atoms with Crippen LogP contribution in [0.2, 0.25) is 0 Å². The predicted octanol–water partition coefficient (Wildman–Crippen LogP) is 3.12. The molecule has 162 valence electrons. The minimum Gasteiger partial charge on any atom is -0.454 e. The van der Waals surface area contributed by atoms with Crippen LogP contribution in [0.25, 0.3) is 11.4 Å². The van der Waals surface area contributed by atoms with Crippen molar-refractivity contribution in [2.45, 2.75) is 19.3 Å². The van der Waals surface area contributed by atoms with E-state index in [0.717, 1.165) is 11.1 Å². The Kier molecular flexibility index (Phi) is 6.78. The number of aryl methyl sites for hydroxylation is 1. The standard InChI is InChI=1S/C23H25N3O5/c1-28-14-13-26(22(27)10-7-17-5-3-2-4-6-17)12-11-21-24-23(25-31-21)18-8-9-19-20(15-18)30-16-29-19/h2-6,8-9,15H,7,10-14,16H2,1H3. The molecule has 0 bridgehead atoms. The normalized spacial score (nSPS) is 12.2. The lowest BCUT2D eigenvalue weighted by atomic mass is 10.1. The summed E-state index contributed by atoms with van der Waals surface area (Å²) in [6.45, 7) is 1.70. The maximum absolute atomic E-state index is 12.8. The van der Waals surface area contributed by atoms with Crippen LogP contribution in [0.3, 0.4) is 0 Å². The van der Waals surface area contributed by atoms with Gasteiger partial charge in [0.25, 0.3) is 0 Å². The van der Waals surface area contributed by atoms with Crippen molar-refractivity contribution in [1.82, 2.24) is 15.0 Å². The van der Waals surface area contributed by atoms with E-state index in [4.69, 9.17) is 18.7 Å². The molecule has 31 heavy (non-hydrogen) atoms. The number of carbonyl (C=O) groups excluding carboxylic acids is 1. The number of benzene rings is 2. The van der Waals surface area contributed by atoms with Crippen molar-refractivity contribution < 1.29 is 23.5 Å². The Morgan fingerprint density at radius 2 is 1.90 bits per heavy atom. The molecule has 0 spiro atoms. The molecule has 0 N–H and O–H groups in total. The molecule has 3 aromatic rings. The lowest BCUT2D eigenvalue weighted by Gasteiger charge is -2.21. The van der Waals surface area contributed by atoms with E-state index in [1.54, 1.807) is 12.0 Å². The number of ether oxygens (including phenoxy) is 3. The number of fused-ring (bicyclic) bond motifs is 1. The van der Waals surface area contributed by atoms with Crippen LogP contribution in [0.1, 0.15) is 17.9 Å². The molecular weight excluding hydrogens is 398 g/mol. The molecule has 0 unspecified atom stereocenters. The maximum atomic E-state index is 12.8. The first-order valence-corrected chi connectivity index (χ1v) is 10.3. The lowest BCUT2D eigenvalue weighted by Crippen LogP contribution is -2.35. The number of hydrogen-bond donors (Lipinski definition) is 0. The predicted molar refractivity (Wildman–Crippen MR) is 113 cm³/mol. The van der Waals surface area contributed by atoms with Crippen molar-refractivity contribution >= 4 is 5.91 Å². The first-order valence-electron chi connectivity index (χ1n) is 10.3. The van der Waals surface area contributed by atoms with Crippen molar-refractivity contribution in [3.63, 3.8) is 0 Å². The van der Waals surface area contributed by atoms with Crippen LogP contribution in [0.4, 0.5) is 0 Å². The monoisotopic (exact) mass is 423 g/mol. The molecule has 1 aliphatic heterocycles. The molecule has 0 fully saturated rings. The molecule has 1 amide bonds. The highest BCUT2D eigenvalue weighted by atomic mass is 16.7. The molecular formula is C23H25N3O5. The smallest absolute Gasteiger partial charge is 0.231 e. The number of methoxy groups -OCH3 is 1. The quantitative estimate of drug-likeness (QED) is 0.495. The van der Waals surface area contributed by atoms with Gasteiger partial charge in [-0.25, -0.2) is 0 Å². The minimum atomic E-state index is 0.0800. The number of aromatic nitrogens is 2. The highest BCUT2D eigenvalue weighted by molar-refractivity contribution is 5.76. The first-order chi connectivity index (χ1) is 15.2. The molecule has 0 saturated heterocycles. The Morgan fingerprint density at radius 1 is 1.06 bits per heavy atom. The fourth-order valence-electron chi connectivity index (χ4n) is 3.36. The van der Waals surface area contributed by atoms with E-state index in [1.165, 1.54) is 0 Å². The zero-order chi connectivity index (χ0) is 21.5. The van der Waals surface area contributed by atoms with E-state index in [0.29, 0.717) is 62.2 Å². The Hall–Kier alpha value is -3.39. The van der Waals surface area contributed by atoms with Crippen molar-refractivity contribution in [2.75, 3.05) is 33.6 Å². The second-order valence-corrected chi connectivity index (χ2v) is 7.19. The van der Waals surface area contributed by atoms with Crippen LogP contribution in [0.15, 0.2) is 53.1 Å². The zero-order valence-electron chi connectivity index (χ0n) is 17.5. The van der Waals surface area contributed by atoms with E-state index in [1.807, 2.05) is 48.5 Å². The summed E-state index contributed by atoms with van der Waals surface area (Å²) in [7, 11) is 1.63. The summed E-state index contributed by atoms with van der Waals surface area (Å²) in [4.78, 5) is 19.0. The molecule has 0 radical (unpaired) electrons. The number of hydrogen-bond acceptors (Lipinski definition) is 7. The molecule has 0 saturated carbocycles. The van der Waals surface area contributed by atoms with E-state index >= 15 is 0 Å². The molecule has 8 nitrogen and oxygen atoms in total. The van der Waals surface area contributed by atoms with Crippen LogP contribution >= 0.6 is 0 Å². The summed E-state index contributed by atoms with van der Waals surface area (Å²) in [6, 6.07) is 15.5. The topological polar surface area (TPSA) is 86.9 Å². The lowest BCUT2D eigenvalue weighted by molar-refractivity contribution is -0.131. The van der Waals surface area contributed by atoms with Gasteiger partial charge < -0.3 is 23.6 Å². The summed E-state index contributed by atoms with van der Waals surface area (Å²) >= 11 is 0. The molecule has 1 aliphatic rings. The van der Waals surface area contributed by atoms with Crippen LogP contribution in [0.5, 0.6) is 11.5 Å². The van der Waals surface area contributed by atoms with Gasteiger partial charge in [0.05, 0.1) is 6.61 Å². The maximum Gasteiger partial charge on any atom is 0.231 e. The summed E-state index contributed by atoms with van der Waals surface area (Å²) in [5.41, 5.74) is 1.93. The summed E-state index contributed by atoms with van der Waals surface area (Å²) in [6.07, 6.45) is 1.62. The minimum absolute atomic E-state index is 0.0800. The van der Waals surface area contributed by atoms with Crippen molar-refractivity contribution in [1.29, 1.82) is 0 Å². The molecule has 8 heteroatoms. The fourth-order valence-corrected chi connectivity index (χ4v) is 3.36. The van der Waals surface area contributed by atoms with Crippen molar-refractivity contribution in [3.8, 4) is 22.9 Å². The van der Waals surface area contributed by atoms with E-state index in [-0.39, 0.29) is 12.7 Å². The largest absolute Gasteiger partial charge is 0.454 e. The Balaban J connectivity index is 1.35. The third-order valence-corrected chi connectivity index (χ3v) is 5.08. The molecule has 0 atom stereocenters. The fraction of sp³-hybridized carbons (Fsp3) is 0.348. The van der Waals surface area contributed by atoms with Gasteiger partial charge in [-0.1, -0.05) is 35.5 Å². The van der Waals surface area contributed by atoms with Crippen LogP contribution < -0.4 is 9.47 Å². The van der Waals surface area contributed by atoms with Crippen molar-refractivity contribution in [3.05, 3.63) is 60.0 Å². The summed E-state index contributed by atoms with van der Waals surface area (Å²) < 4.78 is 21.3. The number of rotatable bonds is 10. The van der Waals surface area contributed by atoms with E-state index in [2.05, 4.69) is 10.1 Å². The third-order valence-electron chi connectivity index (χ3n) is 5.08. The van der Waals surface area contributed by atoms with Gasteiger partial charge in [-0.05, 0) is 30.2 Å². The van der Waals surface area contributed by atoms with Gasteiger partial charge in [-0.15, -0.1) is 0 Å². The van der Waals surface area contributed by atoms with E-state index < -0.39 is 0 Å². The summed E-state index contributed by atoms with van der Waals surface area (Å²) in [5.74, 6) is 2.41. The average Bonchev–Trinajstić information content (AvgIpc) is 3.47. The molecule has 2 aromatic carbocycles.